The predicted octanol–water partition coefficient (Wildman–Crippen LogP) is 6.87. The number of benzene rings is 2. The van der Waals surface area contributed by atoms with Crippen molar-refractivity contribution in [2.45, 2.75) is 31.1 Å². The zero-order valence-corrected chi connectivity index (χ0v) is 21.6. The average Bonchev–Trinajstić information content (AvgIpc) is 3.47. The molecule has 2 N–H and O–H groups in total. The molecule has 3 aromatic heterocycles. The Labute approximate surface area is 215 Å². The van der Waals surface area contributed by atoms with Gasteiger partial charge in [-0.25, -0.2) is 31.6 Å². The van der Waals surface area contributed by atoms with Crippen molar-refractivity contribution in [2.75, 3.05) is 4.72 Å². The molecule has 3 heterocycles. The van der Waals surface area contributed by atoms with E-state index in [1.807, 2.05) is 37.6 Å². The Hall–Kier alpha value is -3.70. The van der Waals surface area contributed by atoms with Crippen molar-refractivity contribution in [3.63, 3.8) is 0 Å². The lowest BCUT2D eigenvalue weighted by Crippen LogP contribution is -2.17. The van der Waals surface area contributed by atoms with Crippen LogP contribution in [0.1, 0.15) is 25.8 Å². The highest BCUT2D eigenvalue weighted by molar-refractivity contribution is 7.92. The molecule has 0 bridgehead atoms. The van der Waals surface area contributed by atoms with Crippen molar-refractivity contribution in [3.8, 4) is 21.7 Å². The fourth-order valence-corrected chi connectivity index (χ4v) is 6.27. The van der Waals surface area contributed by atoms with Gasteiger partial charge in [0.25, 0.3) is 10.0 Å². The van der Waals surface area contributed by atoms with Gasteiger partial charge in [0.2, 0.25) is 0 Å². The van der Waals surface area contributed by atoms with Crippen LogP contribution in [0.2, 0.25) is 0 Å². The van der Waals surface area contributed by atoms with E-state index in [9.17, 15) is 17.2 Å². The minimum absolute atomic E-state index is 0.0384. The fourth-order valence-electron chi connectivity index (χ4n) is 3.89. The van der Waals surface area contributed by atoms with Gasteiger partial charge in [-0.2, -0.15) is 0 Å². The maximum Gasteiger partial charge on any atom is 0.267 e. The van der Waals surface area contributed by atoms with Crippen LogP contribution >= 0.6 is 11.3 Å². The highest BCUT2D eigenvalue weighted by atomic mass is 32.2. The first-order valence-corrected chi connectivity index (χ1v) is 13.5. The Morgan fingerprint density at radius 2 is 1.65 bits per heavy atom. The number of aromatic nitrogens is 3. The second-order valence-corrected chi connectivity index (χ2v) is 12.0. The Bertz CT molecular complexity index is 1740. The van der Waals surface area contributed by atoms with E-state index in [0.29, 0.717) is 16.2 Å². The van der Waals surface area contributed by atoms with Crippen molar-refractivity contribution in [3.05, 3.63) is 83.4 Å². The Morgan fingerprint density at radius 3 is 2.35 bits per heavy atom. The zero-order chi connectivity index (χ0) is 26.5. The fraction of sp³-hybridized carbons (Fsp3) is 0.154. The maximum absolute atomic E-state index is 15.9. The van der Waals surface area contributed by atoms with Gasteiger partial charge < -0.3 is 4.98 Å². The minimum atomic E-state index is -4.77. The molecular weight excluding hydrogens is 521 g/mol. The Morgan fingerprint density at radius 1 is 0.946 bits per heavy atom. The van der Waals surface area contributed by atoms with E-state index in [0.717, 1.165) is 34.2 Å². The number of halogens is 3. The molecule has 0 fully saturated rings. The molecule has 0 aliphatic rings. The summed E-state index contributed by atoms with van der Waals surface area (Å²) in [4.78, 5) is 11.6. The molecule has 0 aliphatic carbocycles. The van der Waals surface area contributed by atoms with E-state index >= 15 is 4.39 Å². The molecule has 11 heteroatoms. The minimum Gasteiger partial charge on any atom is -0.346 e. The standard InChI is InChI=1S/C26H21F3N4O2S2/c1-26(2,3)25-32-21(22(36-25)14-10-12-30-24-15(14)11-13-31-24)16-6-4-9-19(20(16)29)33-37(34,35)23-17(27)7-5-8-18(23)28/h4-13,33H,1-3H3,(H,30,31). The first-order chi connectivity index (χ1) is 17.5. The summed E-state index contributed by atoms with van der Waals surface area (Å²) in [5.41, 5.74) is 0.991. The lowest BCUT2D eigenvalue weighted by molar-refractivity contribution is 0.521. The smallest absolute Gasteiger partial charge is 0.267 e. The number of H-pyrrole nitrogens is 1. The normalized spacial score (nSPS) is 12.3. The quantitative estimate of drug-likeness (QED) is 0.254. The zero-order valence-electron chi connectivity index (χ0n) is 19.9. The third-order valence-corrected chi connectivity index (χ3v) is 8.59. The number of rotatable bonds is 5. The molecule has 0 saturated carbocycles. The molecule has 0 unspecified atom stereocenters. The number of sulfonamides is 1. The molecule has 0 saturated heterocycles. The van der Waals surface area contributed by atoms with Gasteiger partial charge in [0, 0.05) is 34.3 Å². The first kappa shape index (κ1) is 25.0. The summed E-state index contributed by atoms with van der Waals surface area (Å²) < 4.78 is 71.9. The molecule has 0 spiro atoms. The molecule has 2 aromatic carbocycles. The highest BCUT2D eigenvalue weighted by Gasteiger charge is 2.28. The Kier molecular flexibility index (Phi) is 6.07. The summed E-state index contributed by atoms with van der Waals surface area (Å²) in [5, 5.41) is 1.57. The number of thiazole rings is 1. The number of pyridine rings is 1. The van der Waals surface area contributed by atoms with Crippen LogP contribution < -0.4 is 4.72 Å². The Balaban J connectivity index is 1.67. The van der Waals surface area contributed by atoms with Gasteiger partial charge in [0.05, 0.1) is 21.3 Å². The predicted molar refractivity (Wildman–Crippen MR) is 138 cm³/mol. The summed E-state index contributed by atoms with van der Waals surface area (Å²) in [6.45, 7) is 5.96. The third-order valence-electron chi connectivity index (χ3n) is 5.66. The van der Waals surface area contributed by atoms with Gasteiger partial charge in [-0.3, -0.25) is 4.72 Å². The topological polar surface area (TPSA) is 87.7 Å². The molecule has 0 atom stereocenters. The van der Waals surface area contributed by atoms with Crippen LogP contribution in [0.15, 0.2) is 65.8 Å². The molecule has 0 amide bonds. The lowest BCUT2D eigenvalue weighted by Gasteiger charge is -2.14. The number of nitrogens with zero attached hydrogens (tertiary/aromatic N) is 2. The second-order valence-electron chi connectivity index (χ2n) is 9.37. The van der Waals surface area contributed by atoms with Gasteiger partial charge in [0.15, 0.2) is 10.7 Å². The molecule has 0 aliphatic heterocycles. The van der Waals surface area contributed by atoms with Crippen molar-refractivity contribution < 1.29 is 21.6 Å². The van der Waals surface area contributed by atoms with Gasteiger partial charge in [0.1, 0.15) is 17.3 Å². The average molecular weight is 543 g/mol. The molecule has 0 radical (unpaired) electrons. The number of hydrogen-bond acceptors (Lipinski definition) is 5. The van der Waals surface area contributed by atoms with Crippen molar-refractivity contribution in [1.29, 1.82) is 0 Å². The summed E-state index contributed by atoms with van der Waals surface area (Å²) in [6, 6.07) is 10.5. The molecular formula is C26H21F3N4O2S2. The van der Waals surface area contributed by atoms with Crippen LogP contribution in [-0.2, 0) is 15.4 Å². The molecule has 5 aromatic rings. The summed E-state index contributed by atoms with van der Waals surface area (Å²) in [6.07, 6.45) is 3.39. The molecule has 190 valence electrons. The molecule has 6 nitrogen and oxygen atoms in total. The van der Waals surface area contributed by atoms with E-state index in [1.165, 1.54) is 29.5 Å². The van der Waals surface area contributed by atoms with Crippen LogP contribution in [0.25, 0.3) is 32.7 Å². The van der Waals surface area contributed by atoms with Crippen LogP contribution in [0, 0.1) is 17.5 Å². The van der Waals surface area contributed by atoms with Gasteiger partial charge >= 0.3 is 0 Å². The highest BCUT2D eigenvalue weighted by Crippen LogP contribution is 2.44. The van der Waals surface area contributed by atoms with E-state index < -0.39 is 38.1 Å². The number of nitrogens with one attached hydrogen (secondary N) is 2. The van der Waals surface area contributed by atoms with E-state index in [2.05, 4.69) is 9.97 Å². The lowest BCUT2D eigenvalue weighted by atomic mass is 9.98. The van der Waals surface area contributed by atoms with Crippen LogP contribution in [-0.4, -0.2) is 23.4 Å². The largest absolute Gasteiger partial charge is 0.346 e. The van der Waals surface area contributed by atoms with Crippen molar-refractivity contribution in [2.24, 2.45) is 0 Å². The van der Waals surface area contributed by atoms with Crippen LogP contribution in [0.3, 0.4) is 0 Å². The summed E-state index contributed by atoms with van der Waals surface area (Å²) in [7, 11) is -4.77. The number of fused-ring (bicyclic) bond motifs is 1. The van der Waals surface area contributed by atoms with Gasteiger partial charge in [-0.05, 0) is 36.4 Å². The summed E-state index contributed by atoms with van der Waals surface area (Å²) in [5.74, 6) is -3.49. The van der Waals surface area contributed by atoms with E-state index in [1.54, 1.807) is 12.4 Å². The first-order valence-electron chi connectivity index (χ1n) is 11.2. The third kappa shape index (κ3) is 4.49. The van der Waals surface area contributed by atoms with Crippen LogP contribution in [0.5, 0.6) is 0 Å². The number of aromatic amines is 1. The van der Waals surface area contributed by atoms with Crippen molar-refractivity contribution >= 4 is 38.1 Å². The second kappa shape index (κ2) is 9.00. The maximum atomic E-state index is 15.9. The number of hydrogen-bond donors (Lipinski definition) is 2. The van der Waals surface area contributed by atoms with Gasteiger partial charge in [-0.1, -0.05) is 32.9 Å². The molecule has 37 heavy (non-hydrogen) atoms. The van der Waals surface area contributed by atoms with Crippen molar-refractivity contribution in [1.82, 2.24) is 15.0 Å². The monoisotopic (exact) mass is 542 g/mol. The number of anilines is 1. The van der Waals surface area contributed by atoms with Crippen LogP contribution in [0.4, 0.5) is 18.9 Å². The van der Waals surface area contributed by atoms with Gasteiger partial charge in [-0.15, -0.1) is 11.3 Å². The van der Waals surface area contributed by atoms with E-state index in [-0.39, 0.29) is 11.0 Å². The summed E-state index contributed by atoms with van der Waals surface area (Å²) >= 11 is 1.40. The van der Waals surface area contributed by atoms with E-state index in [4.69, 9.17) is 4.98 Å². The SMILES string of the molecule is CC(C)(C)c1nc(-c2cccc(NS(=O)(=O)c3c(F)cccc3F)c2F)c(-c2ccnc3[nH]ccc23)s1. The molecule has 5 rings (SSSR count).